The Bertz CT molecular complexity index is 758. The highest BCUT2D eigenvalue weighted by molar-refractivity contribution is 5.94. The van der Waals surface area contributed by atoms with E-state index in [1.807, 2.05) is 0 Å². The van der Waals surface area contributed by atoms with E-state index in [4.69, 9.17) is 11.5 Å². The lowest BCUT2D eigenvalue weighted by Gasteiger charge is -2.25. The fraction of sp³-hybridized carbons (Fsp3) is 0.524. The maximum Gasteiger partial charge on any atom is 0.326 e. The van der Waals surface area contributed by atoms with Crippen molar-refractivity contribution in [3.8, 4) is 0 Å². The molecule has 9 N–H and O–H groups in total. The van der Waals surface area contributed by atoms with Crippen molar-refractivity contribution in [1.82, 2.24) is 16.0 Å². The third-order valence-electron chi connectivity index (χ3n) is 4.74. The van der Waals surface area contributed by atoms with Gasteiger partial charge in [0.25, 0.3) is 0 Å². The SMILES string of the molecule is CC(O)C(NC(=O)CN)C(=O)NC(Cc1ccccc1)C(=O)NC(CCCCN)C(=O)O. The first-order valence-electron chi connectivity index (χ1n) is 10.4. The van der Waals surface area contributed by atoms with Gasteiger partial charge >= 0.3 is 5.97 Å². The molecule has 4 unspecified atom stereocenters. The van der Waals surface area contributed by atoms with Crippen LogP contribution < -0.4 is 27.4 Å². The summed E-state index contributed by atoms with van der Waals surface area (Å²) in [5.74, 6) is -3.34. The molecule has 1 rings (SSSR count). The molecular formula is C21H33N5O6. The number of nitrogens with one attached hydrogen (secondary N) is 3. The van der Waals surface area contributed by atoms with Gasteiger partial charge in [0.15, 0.2) is 0 Å². The summed E-state index contributed by atoms with van der Waals surface area (Å²) in [6.07, 6.45) is 0.131. The maximum absolute atomic E-state index is 12.9. The molecule has 0 aliphatic heterocycles. The van der Waals surface area contributed by atoms with Crippen molar-refractivity contribution in [2.24, 2.45) is 11.5 Å². The fourth-order valence-corrected chi connectivity index (χ4v) is 2.98. The average molecular weight is 452 g/mol. The van der Waals surface area contributed by atoms with Gasteiger partial charge in [0.05, 0.1) is 12.6 Å². The summed E-state index contributed by atoms with van der Waals surface area (Å²) < 4.78 is 0. The van der Waals surface area contributed by atoms with Gasteiger partial charge in [-0.1, -0.05) is 30.3 Å². The lowest BCUT2D eigenvalue weighted by atomic mass is 10.0. The van der Waals surface area contributed by atoms with E-state index in [1.165, 1.54) is 6.92 Å². The van der Waals surface area contributed by atoms with Crippen LogP contribution in [0.3, 0.4) is 0 Å². The monoisotopic (exact) mass is 451 g/mol. The van der Waals surface area contributed by atoms with Gasteiger partial charge < -0.3 is 37.6 Å². The summed E-state index contributed by atoms with van der Waals surface area (Å²) in [4.78, 5) is 48.8. The molecule has 0 saturated carbocycles. The highest BCUT2D eigenvalue weighted by Crippen LogP contribution is 2.07. The predicted molar refractivity (Wildman–Crippen MR) is 117 cm³/mol. The number of aliphatic hydroxyl groups is 1. The highest BCUT2D eigenvalue weighted by Gasteiger charge is 2.31. The molecule has 178 valence electrons. The second-order valence-corrected chi connectivity index (χ2v) is 7.42. The smallest absolute Gasteiger partial charge is 0.326 e. The van der Waals surface area contributed by atoms with Gasteiger partial charge in [0, 0.05) is 6.42 Å². The molecule has 3 amide bonds. The van der Waals surface area contributed by atoms with Crippen molar-refractivity contribution in [3.05, 3.63) is 35.9 Å². The fourth-order valence-electron chi connectivity index (χ4n) is 2.98. The Morgan fingerprint density at radius 1 is 0.938 bits per heavy atom. The summed E-state index contributed by atoms with van der Waals surface area (Å²) in [6.45, 7) is 1.33. The maximum atomic E-state index is 12.9. The van der Waals surface area contributed by atoms with Gasteiger partial charge in [0.2, 0.25) is 17.7 Å². The van der Waals surface area contributed by atoms with Crippen LogP contribution >= 0.6 is 0 Å². The zero-order valence-electron chi connectivity index (χ0n) is 18.1. The van der Waals surface area contributed by atoms with Gasteiger partial charge in [-0.15, -0.1) is 0 Å². The number of carboxylic acid groups (broad SMARTS) is 1. The molecule has 0 aliphatic carbocycles. The number of aliphatic hydroxyl groups excluding tert-OH is 1. The number of unbranched alkanes of at least 4 members (excludes halogenated alkanes) is 1. The van der Waals surface area contributed by atoms with Crippen LogP contribution in [0.15, 0.2) is 30.3 Å². The molecule has 11 heteroatoms. The third kappa shape index (κ3) is 9.41. The van der Waals surface area contributed by atoms with Crippen molar-refractivity contribution >= 4 is 23.7 Å². The zero-order chi connectivity index (χ0) is 24.1. The second kappa shape index (κ2) is 14.1. The Labute approximate surface area is 186 Å². The Balaban J connectivity index is 3.02. The molecule has 32 heavy (non-hydrogen) atoms. The second-order valence-electron chi connectivity index (χ2n) is 7.42. The molecule has 0 heterocycles. The van der Waals surface area contributed by atoms with Gasteiger partial charge in [-0.25, -0.2) is 4.79 Å². The molecule has 11 nitrogen and oxygen atoms in total. The molecule has 0 spiro atoms. The lowest BCUT2D eigenvalue weighted by molar-refractivity contribution is -0.142. The number of hydrogen-bond donors (Lipinski definition) is 7. The summed E-state index contributed by atoms with van der Waals surface area (Å²) in [6, 6.07) is 5.21. The molecule has 4 atom stereocenters. The number of amides is 3. The van der Waals surface area contributed by atoms with Crippen molar-refractivity contribution < 1.29 is 29.4 Å². The minimum absolute atomic E-state index is 0.0743. The van der Waals surface area contributed by atoms with Crippen LogP contribution in [-0.2, 0) is 25.6 Å². The van der Waals surface area contributed by atoms with E-state index in [1.54, 1.807) is 30.3 Å². The molecule has 1 aromatic rings. The Hall–Kier alpha value is -3.02. The molecular weight excluding hydrogens is 418 g/mol. The van der Waals surface area contributed by atoms with Crippen molar-refractivity contribution in [2.75, 3.05) is 13.1 Å². The van der Waals surface area contributed by atoms with E-state index in [9.17, 15) is 29.4 Å². The third-order valence-corrected chi connectivity index (χ3v) is 4.74. The summed E-state index contributed by atoms with van der Waals surface area (Å²) in [7, 11) is 0. The van der Waals surface area contributed by atoms with Crippen LogP contribution in [0.25, 0.3) is 0 Å². The van der Waals surface area contributed by atoms with E-state index >= 15 is 0 Å². The number of carboxylic acids is 1. The van der Waals surface area contributed by atoms with Crippen LogP contribution in [0, 0.1) is 0 Å². The Morgan fingerprint density at radius 2 is 1.56 bits per heavy atom. The number of carbonyl (C=O) groups is 4. The quantitative estimate of drug-likeness (QED) is 0.161. The molecule has 0 bridgehead atoms. The molecule has 1 aromatic carbocycles. The number of benzene rings is 1. The number of rotatable bonds is 14. The van der Waals surface area contributed by atoms with Crippen LogP contribution in [0.5, 0.6) is 0 Å². The lowest BCUT2D eigenvalue weighted by Crippen LogP contribution is -2.59. The molecule has 0 aliphatic rings. The Morgan fingerprint density at radius 3 is 2.09 bits per heavy atom. The van der Waals surface area contributed by atoms with Gasteiger partial charge in [0.1, 0.15) is 18.1 Å². The number of carbonyl (C=O) groups excluding carboxylic acids is 3. The van der Waals surface area contributed by atoms with Crippen molar-refractivity contribution in [2.45, 2.75) is 56.8 Å². The van der Waals surface area contributed by atoms with E-state index in [-0.39, 0.29) is 19.4 Å². The topological polar surface area (TPSA) is 197 Å². The van der Waals surface area contributed by atoms with E-state index in [0.717, 1.165) is 5.56 Å². The zero-order valence-corrected chi connectivity index (χ0v) is 18.1. The largest absolute Gasteiger partial charge is 0.480 e. The first-order valence-corrected chi connectivity index (χ1v) is 10.4. The van der Waals surface area contributed by atoms with Gasteiger partial charge in [-0.3, -0.25) is 14.4 Å². The summed E-state index contributed by atoms with van der Waals surface area (Å²) in [5.41, 5.74) is 11.4. The molecule has 0 radical (unpaired) electrons. The summed E-state index contributed by atoms with van der Waals surface area (Å²) >= 11 is 0. The van der Waals surface area contributed by atoms with Crippen LogP contribution in [0.4, 0.5) is 0 Å². The molecule has 0 saturated heterocycles. The van der Waals surface area contributed by atoms with E-state index in [0.29, 0.717) is 19.4 Å². The minimum atomic E-state index is -1.34. The van der Waals surface area contributed by atoms with Crippen molar-refractivity contribution in [1.29, 1.82) is 0 Å². The van der Waals surface area contributed by atoms with Crippen LogP contribution in [0.1, 0.15) is 31.7 Å². The Kier molecular flexibility index (Phi) is 11.9. The normalized spacial score (nSPS) is 14.5. The molecule has 0 fully saturated rings. The average Bonchev–Trinajstić information content (AvgIpc) is 2.76. The predicted octanol–water partition coefficient (Wildman–Crippen LogP) is -1.76. The number of nitrogens with two attached hydrogens (primary N) is 2. The van der Waals surface area contributed by atoms with E-state index < -0.39 is 47.9 Å². The van der Waals surface area contributed by atoms with Crippen LogP contribution in [-0.4, -0.2) is 71.2 Å². The standard InChI is InChI=1S/C21H33N5O6/c1-13(27)18(26-17(28)12-23)20(30)25-16(11-14-7-3-2-4-8-14)19(29)24-15(21(31)32)9-5-6-10-22/h2-4,7-8,13,15-16,18,27H,5-6,9-12,22-23H2,1H3,(H,24,29)(H,25,30)(H,26,28)(H,31,32). The number of aliphatic carboxylic acids is 1. The first-order chi connectivity index (χ1) is 15.2. The minimum Gasteiger partial charge on any atom is -0.480 e. The number of hydrogen-bond acceptors (Lipinski definition) is 7. The van der Waals surface area contributed by atoms with E-state index in [2.05, 4.69) is 16.0 Å². The first kappa shape index (κ1) is 27.0. The van der Waals surface area contributed by atoms with Crippen molar-refractivity contribution in [3.63, 3.8) is 0 Å². The van der Waals surface area contributed by atoms with Gasteiger partial charge in [-0.05, 0) is 38.3 Å². The van der Waals surface area contributed by atoms with Crippen LogP contribution in [0.2, 0.25) is 0 Å². The highest BCUT2D eigenvalue weighted by atomic mass is 16.4. The summed E-state index contributed by atoms with van der Waals surface area (Å²) in [5, 5.41) is 26.6. The van der Waals surface area contributed by atoms with Gasteiger partial charge in [-0.2, -0.15) is 0 Å². The molecule has 0 aromatic heterocycles.